The molecule has 0 aliphatic rings. The van der Waals surface area contributed by atoms with Gasteiger partial charge in [-0.2, -0.15) is 0 Å². The monoisotopic (exact) mass is 343 g/mol. The molecule has 122 valence electrons. The van der Waals surface area contributed by atoms with Crippen LogP contribution in [0.5, 0.6) is 0 Å². The molecule has 1 N–H and O–H groups in total. The number of amides is 1. The molecule has 0 spiro atoms. The largest absolute Gasteiger partial charge is 0.338 e. The number of aromatic nitrogens is 2. The van der Waals surface area contributed by atoms with Gasteiger partial charge in [-0.15, -0.1) is 0 Å². The molecule has 3 rings (SSSR count). The molecule has 6 heteroatoms. The lowest BCUT2D eigenvalue weighted by Gasteiger charge is -2.19. The molecule has 0 aliphatic carbocycles. The average molecular weight is 344 g/mol. The van der Waals surface area contributed by atoms with Crippen LogP contribution in [-0.2, 0) is 7.05 Å². The first kappa shape index (κ1) is 16.2. The first-order valence-corrected chi connectivity index (χ1v) is 7.71. The Hall–Kier alpha value is -2.66. The summed E-state index contributed by atoms with van der Waals surface area (Å²) in [6.07, 6.45) is 3.40. The minimum absolute atomic E-state index is 0.310. The Morgan fingerprint density at radius 1 is 1.25 bits per heavy atom. The third-order valence-corrected chi connectivity index (χ3v) is 3.90. The quantitative estimate of drug-likeness (QED) is 0.784. The minimum Gasteiger partial charge on any atom is -0.338 e. The molecule has 1 heterocycles. The topological polar surface area (TPSA) is 46.9 Å². The van der Waals surface area contributed by atoms with Crippen LogP contribution < -0.4 is 5.32 Å². The maximum absolute atomic E-state index is 13.6. The Morgan fingerprint density at radius 2 is 2.04 bits per heavy atom. The van der Waals surface area contributed by atoms with Gasteiger partial charge >= 0.3 is 0 Å². The van der Waals surface area contributed by atoms with Crippen molar-refractivity contribution < 1.29 is 9.18 Å². The van der Waals surface area contributed by atoms with Gasteiger partial charge in [0.15, 0.2) is 0 Å². The van der Waals surface area contributed by atoms with E-state index in [2.05, 4.69) is 10.3 Å². The second kappa shape index (κ2) is 6.84. The molecule has 0 aliphatic heterocycles. The fraction of sp³-hybridized carbons (Fsp3) is 0.111. The number of carbonyl (C=O) groups excluding carboxylic acids is 1. The van der Waals surface area contributed by atoms with Gasteiger partial charge < -0.3 is 9.88 Å². The van der Waals surface area contributed by atoms with Crippen molar-refractivity contribution in [1.82, 2.24) is 14.9 Å². The molecule has 4 nitrogen and oxygen atoms in total. The fourth-order valence-corrected chi connectivity index (χ4v) is 2.67. The zero-order chi connectivity index (χ0) is 17.1. The van der Waals surface area contributed by atoms with Crippen molar-refractivity contribution in [2.24, 2.45) is 7.05 Å². The second-order valence-electron chi connectivity index (χ2n) is 5.37. The number of rotatable bonds is 4. The van der Waals surface area contributed by atoms with Gasteiger partial charge in [-0.25, -0.2) is 9.37 Å². The standard InChI is InChI=1S/C18H15ClFN3O/c1-23-9-8-21-17(23)16(12-4-3-7-15(20)11-12)22-18(24)13-5-2-6-14(19)10-13/h2-11,16H,1H3,(H,22,24)/t16-/m0/s1. The predicted octanol–water partition coefficient (Wildman–Crippen LogP) is 3.73. The molecule has 0 saturated heterocycles. The molecule has 2 aromatic carbocycles. The number of nitrogens with one attached hydrogen (secondary N) is 1. The van der Waals surface area contributed by atoms with Gasteiger partial charge in [0, 0.05) is 30.0 Å². The van der Waals surface area contributed by atoms with Gasteiger partial charge in [0.2, 0.25) is 0 Å². The Morgan fingerprint density at radius 3 is 2.71 bits per heavy atom. The number of benzene rings is 2. The number of aryl methyl sites for hydroxylation is 1. The van der Waals surface area contributed by atoms with Crippen LogP contribution in [0, 0.1) is 5.82 Å². The Bertz CT molecular complexity index is 878. The van der Waals surface area contributed by atoms with Crippen molar-refractivity contribution in [3.63, 3.8) is 0 Å². The number of imidazole rings is 1. The third-order valence-electron chi connectivity index (χ3n) is 3.66. The van der Waals surface area contributed by atoms with Gasteiger partial charge in [-0.3, -0.25) is 4.79 Å². The van der Waals surface area contributed by atoms with E-state index in [0.717, 1.165) is 0 Å². The van der Waals surface area contributed by atoms with E-state index in [1.54, 1.807) is 53.4 Å². The van der Waals surface area contributed by atoms with E-state index in [1.165, 1.54) is 12.1 Å². The van der Waals surface area contributed by atoms with E-state index >= 15 is 0 Å². The average Bonchev–Trinajstić information content (AvgIpc) is 2.98. The Balaban J connectivity index is 1.96. The predicted molar refractivity (Wildman–Crippen MR) is 90.4 cm³/mol. The van der Waals surface area contributed by atoms with Crippen LogP contribution in [0.4, 0.5) is 4.39 Å². The summed E-state index contributed by atoms with van der Waals surface area (Å²) in [6, 6.07) is 12.2. The summed E-state index contributed by atoms with van der Waals surface area (Å²) in [4.78, 5) is 16.9. The van der Waals surface area contributed by atoms with Crippen LogP contribution in [0.1, 0.15) is 27.8 Å². The van der Waals surface area contributed by atoms with Gasteiger partial charge in [0.05, 0.1) is 0 Å². The molecule has 0 bridgehead atoms. The fourth-order valence-electron chi connectivity index (χ4n) is 2.48. The van der Waals surface area contributed by atoms with E-state index < -0.39 is 6.04 Å². The number of nitrogens with zero attached hydrogens (tertiary/aromatic N) is 2. The summed E-state index contributed by atoms with van der Waals surface area (Å²) in [7, 11) is 1.82. The maximum Gasteiger partial charge on any atom is 0.252 e. The zero-order valence-corrected chi connectivity index (χ0v) is 13.7. The molecular weight excluding hydrogens is 329 g/mol. The van der Waals surface area contributed by atoms with Crippen molar-refractivity contribution in [2.75, 3.05) is 0 Å². The highest BCUT2D eigenvalue weighted by Gasteiger charge is 2.22. The van der Waals surface area contributed by atoms with Crippen LogP contribution in [0.3, 0.4) is 0 Å². The SMILES string of the molecule is Cn1ccnc1[C@@H](NC(=O)c1cccc(Cl)c1)c1cccc(F)c1. The minimum atomic E-state index is -0.577. The van der Waals surface area contributed by atoms with Crippen LogP contribution in [-0.4, -0.2) is 15.5 Å². The lowest BCUT2D eigenvalue weighted by Crippen LogP contribution is -2.31. The van der Waals surface area contributed by atoms with Crippen molar-refractivity contribution in [3.8, 4) is 0 Å². The lowest BCUT2D eigenvalue weighted by molar-refractivity contribution is 0.0941. The number of hydrogen-bond donors (Lipinski definition) is 1. The van der Waals surface area contributed by atoms with E-state index in [9.17, 15) is 9.18 Å². The Labute approximate surface area is 143 Å². The summed E-state index contributed by atoms with van der Waals surface area (Å²) in [5.74, 6) is -0.0746. The highest BCUT2D eigenvalue weighted by Crippen LogP contribution is 2.22. The zero-order valence-electron chi connectivity index (χ0n) is 12.9. The summed E-state index contributed by atoms with van der Waals surface area (Å²) in [5, 5.41) is 3.37. The van der Waals surface area contributed by atoms with Crippen molar-refractivity contribution in [2.45, 2.75) is 6.04 Å². The number of carbonyl (C=O) groups is 1. The normalized spacial score (nSPS) is 12.0. The molecule has 0 radical (unpaired) electrons. The lowest BCUT2D eigenvalue weighted by atomic mass is 10.0. The van der Waals surface area contributed by atoms with Crippen LogP contribution >= 0.6 is 11.6 Å². The van der Waals surface area contributed by atoms with Gasteiger partial charge in [-0.1, -0.05) is 29.8 Å². The van der Waals surface area contributed by atoms with Gasteiger partial charge in [-0.05, 0) is 35.9 Å². The van der Waals surface area contributed by atoms with Gasteiger partial charge in [0.25, 0.3) is 5.91 Å². The Kier molecular flexibility index (Phi) is 4.62. The molecule has 3 aromatic rings. The molecule has 0 saturated carbocycles. The second-order valence-corrected chi connectivity index (χ2v) is 5.80. The molecule has 0 fully saturated rings. The molecule has 1 atom stereocenters. The van der Waals surface area contributed by atoms with E-state index in [-0.39, 0.29) is 11.7 Å². The van der Waals surface area contributed by atoms with Crippen LogP contribution in [0.2, 0.25) is 5.02 Å². The number of hydrogen-bond acceptors (Lipinski definition) is 2. The summed E-state index contributed by atoms with van der Waals surface area (Å²) in [6.45, 7) is 0. The third kappa shape index (κ3) is 3.46. The number of halogens is 2. The van der Waals surface area contributed by atoms with Crippen LogP contribution in [0.15, 0.2) is 60.9 Å². The summed E-state index contributed by atoms with van der Waals surface area (Å²) in [5.41, 5.74) is 1.04. The first-order chi connectivity index (χ1) is 11.5. The van der Waals surface area contributed by atoms with Gasteiger partial charge in [0.1, 0.15) is 17.7 Å². The summed E-state index contributed by atoms with van der Waals surface area (Å²) >= 11 is 5.94. The molecule has 0 unspecified atom stereocenters. The first-order valence-electron chi connectivity index (χ1n) is 7.34. The van der Waals surface area contributed by atoms with Crippen molar-refractivity contribution >= 4 is 17.5 Å². The smallest absolute Gasteiger partial charge is 0.252 e. The maximum atomic E-state index is 13.6. The van der Waals surface area contributed by atoms with E-state index in [0.29, 0.717) is 22.0 Å². The van der Waals surface area contributed by atoms with Crippen LogP contribution in [0.25, 0.3) is 0 Å². The molecule has 24 heavy (non-hydrogen) atoms. The van der Waals surface area contributed by atoms with E-state index in [4.69, 9.17) is 11.6 Å². The molecular formula is C18H15ClFN3O. The summed E-state index contributed by atoms with van der Waals surface area (Å²) < 4.78 is 15.4. The van der Waals surface area contributed by atoms with E-state index in [1.807, 2.05) is 7.05 Å². The highest BCUT2D eigenvalue weighted by molar-refractivity contribution is 6.30. The van der Waals surface area contributed by atoms with Crippen molar-refractivity contribution in [1.29, 1.82) is 0 Å². The molecule has 1 amide bonds. The van der Waals surface area contributed by atoms with Crippen molar-refractivity contribution in [3.05, 3.63) is 88.7 Å². The molecule has 1 aromatic heterocycles. The highest BCUT2D eigenvalue weighted by atomic mass is 35.5.